The number of hydrogen-bond donors (Lipinski definition) is 1. The van der Waals surface area contributed by atoms with Crippen LogP contribution in [0.15, 0.2) is 24.3 Å². The molecule has 0 radical (unpaired) electrons. The Bertz CT molecular complexity index is 328. The van der Waals surface area contributed by atoms with E-state index in [0.717, 1.165) is 0 Å². The first-order valence-electron chi connectivity index (χ1n) is 4.32. The Labute approximate surface area is 82.5 Å². The monoisotopic (exact) mass is 196 g/mol. The molecule has 0 aliphatic heterocycles. The fraction of sp³-hybridized carbons (Fsp3) is 0.300. The van der Waals surface area contributed by atoms with Crippen molar-refractivity contribution in [2.75, 3.05) is 25.5 Å². The number of amides is 1. The predicted octanol–water partition coefficient (Wildman–Crippen LogP) is 1.01. The number of nitrogens with zero attached hydrogens (tertiary/aromatic N) is 1. The van der Waals surface area contributed by atoms with E-state index < -0.39 is 0 Å². The van der Waals surface area contributed by atoms with Crippen molar-refractivity contribution in [2.45, 2.75) is 0 Å². The SMILES string of the molecule is CNCC(=O)N(C)c1ccccc1F. The minimum Gasteiger partial charge on any atom is -0.312 e. The minimum atomic E-state index is -0.389. The zero-order valence-corrected chi connectivity index (χ0v) is 8.25. The van der Waals surface area contributed by atoms with Crippen LogP contribution in [0.2, 0.25) is 0 Å². The van der Waals surface area contributed by atoms with Gasteiger partial charge in [0, 0.05) is 7.05 Å². The largest absolute Gasteiger partial charge is 0.312 e. The summed E-state index contributed by atoms with van der Waals surface area (Å²) in [6.07, 6.45) is 0. The smallest absolute Gasteiger partial charge is 0.240 e. The van der Waals surface area contributed by atoms with Crippen molar-refractivity contribution in [1.82, 2.24) is 5.32 Å². The normalized spacial score (nSPS) is 9.93. The van der Waals surface area contributed by atoms with Crippen LogP contribution in [-0.2, 0) is 4.79 Å². The van der Waals surface area contributed by atoms with E-state index in [0.29, 0.717) is 5.69 Å². The van der Waals surface area contributed by atoms with Crippen molar-refractivity contribution in [1.29, 1.82) is 0 Å². The average molecular weight is 196 g/mol. The topological polar surface area (TPSA) is 32.3 Å². The van der Waals surface area contributed by atoms with E-state index in [1.54, 1.807) is 32.3 Å². The van der Waals surface area contributed by atoms with Gasteiger partial charge in [0.2, 0.25) is 5.91 Å². The molecule has 4 heteroatoms. The van der Waals surface area contributed by atoms with Gasteiger partial charge in [0.25, 0.3) is 0 Å². The van der Waals surface area contributed by atoms with E-state index in [4.69, 9.17) is 0 Å². The third-order valence-electron chi connectivity index (χ3n) is 1.92. The molecule has 0 unspecified atom stereocenters. The number of para-hydroxylation sites is 1. The molecule has 0 heterocycles. The Morgan fingerprint density at radius 3 is 2.71 bits per heavy atom. The Hall–Kier alpha value is -1.42. The maximum absolute atomic E-state index is 13.2. The Balaban J connectivity index is 2.84. The molecule has 1 aromatic carbocycles. The first-order chi connectivity index (χ1) is 6.66. The van der Waals surface area contributed by atoms with Gasteiger partial charge in [-0.15, -0.1) is 0 Å². The summed E-state index contributed by atoms with van der Waals surface area (Å²) in [7, 11) is 3.23. The van der Waals surface area contributed by atoms with E-state index in [2.05, 4.69) is 5.32 Å². The van der Waals surface area contributed by atoms with Crippen LogP contribution >= 0.6 is 0 Å². The fourth-order valence-electron chi connectivity index (χ4n) is 1.13. The van der Waals surface area contributed by atoms with Gasteiger partial charge in [0.15, 0.2) is 0 Å². The van der Waals surface area contributed by atoms with Crippen molar-refractivity contribution < 1.29 is 9.18 Å². The lowest BCUT2D eigenvalue weighted by Gasteiger charge is -2.17. The van der Waals surface area contributed by atoms with Gasteiger partial charge in [-0.25, -0.2) is 4.39 Å². The van der Waals surface area contributed by atoms with Crippen molar-refractivity contribution in [3.05, 3.63) is 30.1 Å². The van der Waals surface area contributed by atoms with E-state index >= 15 is 0 Å². The number of carbonyl (C=O) groups is 1. The standard InChI is InChI=1S/C10H13FN2O/c1-12-7-10(14)13(2)9-6-4-3-5-8(9)11/h3-6,12H,7H2,1-2H3. The summed E-state index contributed by atoms with van der Waals surface area (Å²) in [6, 6.07) is 6.19. The average Bonchev–Trinajstić information content (AvgIpc) is 2.18. The highest BCUT2D eigenvalue weighted by atomic mass is 19.1. The molecule has 0 bridgehead atoms. The number of carbonyl (C=O) groups excluding carboxylic acids is 1. The summed E-state index contributed by atoms with van der Waals surface area (Å²) in [6.45, 7) is 0.199. The van der Waals surface area contributed by atoms with Crippen LogP contribution in [-0.4, -0.2) is 26.5 Å². The highest BCUT2D eigenvalue weighted by Gasteiger charge is 2.12. The van der Waals surface area contributed by atoms with E-state index in [1.807, 2.05) is 0 Å². The second-order valence-corrected chi connectivity index (χ2v) is 2.93. The highest BCUT2D eigenvalue weighted by Crippen LogP contribution is 2.16. The van der Waals surface area contributed by atoms with E-state index in [-0.39, 0.29) is 18.3 Å². The fourth-order valence-corrected chi connectivity index (χ4v) is 1.13. The van der Waals surface area contributed by atoms with Crippen molar-refractivity contribution in [3.63, 3.8) is 0 Å². The van der Waals surface area contributed by atoms with Gasteiger partial charge in [-0.05, 0) is 19.2 Å². The lowest BCUT2D eigenvalue weighted by molar-refractivity contribution is -0.117. The first-order valence-corrected chi connectivity index (χ1v) is 4.32. The maximum atomic E-state index is 13.2. The third-order valence-corrected chi connectivity index (χ3v) is 1.92. The summed E-state index contributed by atoms with van der Waals surface area (Å²) in [5.74, 6) is -0.558. The van der Waals surface area contributed by atoms with Gasteiger partial charge in [0.1, 0.15) is 5.82 Å². The number of rotatable bonds is 3. The molecule has 0 atom stereocenters. The van der Waals surface area contributed by atoms with Crippen molar-refractivity contribution in [3.8, 4) is 0 Å². The zero-order chi connectivity index (χ0) is 10.6. The van der Waals surface area contributed by atoms with Gasteiger partial charge in [-0.3, -0.25) is 4.79 Å². The van der Waals surface area contributed by atoms with Crippen LogP contribution in [0.5, 0.6) is 0 Å². The van der Waals surface area contributed by atoms with Gasteiger partial charge in [-0.2, -0.15) is 0 Å². The van der Waals surface area contributed by atoms with E-state index in [1.165, 1.54) is 11.0 Å². The predicted molar refractivity (Wildman–Crippen MR) is 53.7 cm³/mol. The molecule has 0 saturated heterocycles. The molecule has 0 fully saturated rings. The Kier molecular flexibility index (Phi) is 3.59. The van der Waals surface area contributed by atoms with Crippen LogP contribution in [0, 0.1) is 5.82 Å². The molecular weight excluding hydrogens is 183 g/mol. The number of benzene rings is 1. The van der Waals surface area contributed by atoms with Gasteiger partial charge < -0.3 is 10.2 Å². The Morgan fingerprint density at radius 1 is 1.50 bits per heavy atom. The summed E-state index contributed by atoms with van der Waals surface area (Å²) < 4.78 is 13.2. The molecule has 0 aliphatic carbocycles. The maximum Gasteiger partial charge on any atom is 0.240 e. The van der Waals surface area contributed by atoms with Gasteiger partial charge in [-0.1, -0.05) is 12.1 Å². The molecule has 0 spiro atoms. The summed E-state index contributed by atoms with van der Waals surface area (Å²) >= 11 is 0. The van der Waals surface area contributed by atoms with Crippen LogP contribution in [0.25, 0.3) is 0 Å². The third kappa shape index (κ3) is 2.29. The summed E-state index contributed by atoms with van der Waals surface area (Å²) in [5, 5.41) is 2.72. The lowest BCUT2D eigenvalue weighted by atomic mass is 10.3. The van der Waals surface area contributed by atoms with Crippen molar-refractivity contribution >= 4 is 11.6 Å². The molecule has 76 valence electrons. The summed E-state index contributed by atoms with van der Waals surface area (Å²) in [5.41, 5.74) is 0.299. The second-order valence-electron chi connectivity index (χ2n) is 2.93. The molecule has 3 nitrogen and oxygen atoms in total. The lowest BCUT2D eigenvalue weighted by Crippen LogP contribution is -2.34. The van der Waals surface area contributed by atoms with Gasteiger partial charge >= 0.3 is 0 Å². The molecule has 0 saturated carbocycles. The molecule has 0 aromatic heterocycles. The molecule has 0 aliphatic rings. The number of likely N-dealkylation sites (N-methyl/N-ethyl adjacent to an activating group) is 2. The molecule has 1 aromatic rings. The summed E-state index contributed by atoms with van der Waals surface area (Å²) in [4.78, 5) is 12.7. The quantitative estimate of drug-likeness (QED) is 0.782. The van der Waals surface area contributed by atoms with Crippen LogP contribution < -0.4 is 10.2 Å². The van der Waals surface area contributed by atoms with Crippen molar-refractivity contribution in [2.24, 2.45) is 0 Å². The Morgan fingerprint density at radius 2 is 2.14 bits per heavy atom. The first kappa shape index (κ1) is 10.7. The van der Waals surface area contributed by atoms with Gasteiger partial charge in [0.05, 0.1) is 12.2 Å². The number of hydrogen-bond acceptors (Lipinski definition) is 2. The molecule has 1 amide bonds. The number of anilines is 1. The zero-order valence-electron chi connectivity index (χ0n) is 8.25. The van der Waals surface area contributed by atoms with E-state index in [9.17, 15) is 9.18 Å². The number of nitrogens with one attached hydrogen (secondary N) is 1. The van der Waals surface area contributed by atoms with Crippen LogP contribution in [0.1, 0.15) is 0 Å². The second kappa shape index (κ2) is 4.72. The van der Waals surface area contributed by atoms with Crippen LogP contribution in [0.4, 0.5) is 10.1 Å². The minimum absolute atomic E-state index is 0.169. The molecular formula is C10H13FN2O. The molecule has 14 heavy (non-hydrogen) atoms. The molecule has 1 N–H and O–H groups in total. The number of halogens is 1. The molecule has 1 rings (SSSR count). The van der Waals surface area contributed by atoms with Crippen LogP contribution in [0.3, 0.4) is 0 Å². The highest BCUT2D eigenvalue weighted by molar-refractivity contribution is 5.94.